The SMILES string of the molecule is NC(=O)c1ccn2c(=O)c(-c3ccc(OC(F)C(F)F)cc3)c(C(F)(F)F)nc2c1. The molecular weight excluding hydrogens is 420 g/mol. The molecule has 2 N–H and O–H groups in total. The van der Waals surface area contributed by atoms with E-state index in [0.29, 0.717) is 0 Å². The van der Waals surface area contributed by atoms with Crippen molar-refractivity contribution in [3.8, 4) is 16.9 Å². The van der Waals surface area contributed by atoms with Crippen LogP contribution < -0.4 is 16.0 Å². The van der Waals surface area contributed by atoms with Crippen LogP contribution in [0, 0.1) is 0 Å². The molecule has 1 aromatic carbocycles. The van der Waals surface area contributed by atoms with Crippen molar-refractivity contribution in [2.45, 2.75) is 19.0 Å². The van der Waals surface area contributed by atoms with Crippen LogP contribution in [-0.4, -0.2) is 28.1 Å². The van der Waals surface area contributed by atoms with Crippen LogP contribution in [0.5, 0.6) is 5.75 Å². The Labute approximate surface area is 163 Å². The zero-order valence-corrected chi connectivity index (χ0v) is 14.7. The number of alkyl halides is 6. The lowest BCUT2D eigenvalue weighted by Gasteiger charge is -2.14. The Bertz CT molecular complexity index is 1160. The van der Waals surface area contributed by atoms with E-state index in [4.69, 9.17) is 5.73 Å². The third kappa shape index (κ3) is 4.07. The second kappa shape index (κ2) is 7.69. The fourth-order valence-corrected chi connectivity index (χ4v) is 2.64. The smallest absolute Gasteiger partial charge is 0.434 e. The largest absolute Gasteiger partial charge is 0.454 e. The van der Waals surface area contributed by atoms with E-state index < -0.39 is 47.3 Å². The van der Waals surface area contributed by atoms with E-state index >= 15 is 0 Å². The van der Waals surface area contributed by atoms with Gasteiger partial charge in [0.05, 0.1) is 5.56 Å². The Morgan fingerprint density at radius 2 is 1.73 bits per heavy atom. The number of rotatable bonds is 5. The Balaban J connectivity index is 2.17. The van der Waals surface area contributed by atoms with E-state index in [1.165, 1.54) is 0 Å². The van der Waals surface area contributed by atoms with Crippen LogP contribution in [0.15, 0.2) is 47.4 Å². The molecule has 3 aromatic rings. The number of nitrogens with two attached hydrogens (primary N) is 1. The molecule has 1 amide bonds. The summed E-state index contributed by atoms with van der Waals surface area (Å²) in [6.45, 7) is 0. The Morgan fingerprint density at radius 3 is 2.27 bits per heavy atom. The first-order valence-corrected chi connectivity index (χ1v) is 8.12. The molecule has 0 aliphatic rings. The Kier molecular flexibility index (Phi) is 5.42. The van der Waals surface area contributed by atoms with E-state index in [9.17, 15) is 35.9 Å². The van der Waals surface area contributed by atoms with Crippen LogP contribution in [0.2, 0.25) is 0 Å². The standard InChI is InChI=1S/C18H11F6N3O3/c19-14(20)15(21)30-10-3-1-8(2-4-10)12-13(18(22,23)24)26-11-7-9(16(25)28)5-6-27(11)17(12)29/h1-7,14-15H,(H2,25,28). The van der Waals surface area contributed by atoms with E-state index in [1.807, 2.05) is 0 Å². The number of nitrogens with zero attached hydrogens (tertiary/aromatic N) is 2. The summed E-state index contributed by atoms with van der Waals surface area (Å²) in [6.07, 6.45) is -10.3. The van der Waals surface area contributed by atoms with Gasteiger partial charge in [-0.15, -0.1) is 0 Å². The molecule has 0 radical (unpaired) electrons. The second-order valence-corrected chi connectivity index (χ2v) is 5.97. The lowest BCUT2D eigenvalue weighted by molar-refractivity contribution is -0.140. The molecule has 0 saturated carbocycles. The summed E-state index contributed by atoms with van der Waals surface area (Å²) in [5.74, 6) is -1.30. The van der Waals surface area contributed by atoms with Gasteiger partial charge in [0.2, 0.25) is 5.91 Å². The molecule has 12 heteroatoms. The molecule has 0 saturated heterocycles. The number of fused-ring (bicyclic) bond motifs is 1. The van der Waals surface area contributed by atoms with Crippen LogP contribution >= 0.6 is 0 Å². The first-order valence-electron chi connectivity index (χ1n) is 8.12. The molecule has 0 bridgehead atoms. The van der Waals surface area contributed by atoms with Crippen molar-refractivity contribution in [2.24, 2.45) is 5.73 Å². The van der Waals surface area contributed by atoms with Crippen LogP contribution in [-0.2, 0) is 6.18 Å². The van der Waals surface area contributed by atoms with Gasteiger partial charge in [-0.25, -0.2) is 13.8 Å². The summed E-state index contributed by atoms with van der Waals surface area (Å²) in [5.41, 5.74) is 0.771. The van der Waals surface area contributed by atoms with Crippen molar-refractivity contribution in [1.82, 2.24) is 9.38 Å². The number of amides is 1. The van der Waals surface area contributed by atoms with Gasteiger partial charge >= 0.3 is 12.6 Å². The highest BCUT2D eigenvalue weighted by Crippen LogP contribution is 2.35. The molecule has 30 heavy (non-hydrogen) atoms. The maximum atomic E-state index is 13.6. The fraction of sp³-hybridized carbons (Fsp3) is 0.167. The third-order valence-corrected chi connectivity index (χ3v) is 3.97. The summed E-state index contributed by atoms with van der Waals surface area (Å²) in [4.78, 5) is 27.5. The number of carbonyl (C=O) groups is 1. The summed E-state index contributed by atoms with van der Waals surface area (Å²) in [6, 6.07) is 5.91. The summed E-state index contributed by atoms with van der Waals surface area (Å²) in [7, 11) is 0. The monoisotopic (exact) mass is 431 g/mol. The number of carbonyl (C=O) groups excluding carboxylic acids is 1. The quantitative estimate of drug-likeness (QED) is 0.628. The van der Waals surface area contributed by atoms with Gasteiger partial charge in [0.15, 0.2) is 5.69 Å². The summed E-state index contributed by atoms with van der Waals surface area (Å²) in [5, 5.41) is 0. The first kappa shape index (κ1) is 21.1. The number of hydrogen-bond acceptors (Lipinski definition) is 4. The second-order valence-electron chi connectivity index (χ2n) is 5.97. The fourth-order valence-electron chi connectivity index (χ4n) is 2.64. The topological polar surface area (TPSA) is 86.7 Å². The summed E-state index contributed by atoms with van der Waals surface area (Å²) >= 11 is 0. The van der Waals surface area contributed by atoms with Gasteiger partial charge < -0.3 is 10.5 Å². The molecule has 6 nitrogen and oxygen atoms in total. The van der Waals surface area contributed by atoms with Gasteiger partial charge in [-0.3, -0.25) is 14.0 Å². The van der Waals surface area contributed by atoms with Gasteiger partial charge in [-0.2, -0.15) is 17.6 Å². The van der Waals surface area contributed by atoms with Gasteiger partial charge in [-0.1, -0.05) is 12.1 Å². The maximum absolute atomic E-state index is 13.6. The van der Waals surface area contributed by atoms with E-state index in [-0.39, 0.29) is 16.9 Å². The van der Waals surface area contributed by atoms with Crippen molar-refractivity contribution in [2.75, 3.05) is 0 Å². The zero-order valence-electron chi connectivity index (χ0n) is 14.7. The minimum absolute atomic E-state index is 0.149. The lowest BCUT2D eigenvalue weighted by Crippen LogP contribution is -2.24. The number of benzene rings is 1. The van der Waals surface area contributed by atoms with E-state index in [1.54, 1.807) is 0 Å². The molecule has 2 aromatic heterocycles. The zero-order chi connectivity index (χ0) is 22.2. The molecule has 0 fully saturated rings. The van der Waals surface area contributed by atoms with Gasteiger partial charge in [0.25, 0.3) is 11.9 Å². The molecule has 1 unspecified atom stereocenters. The van der Waals surface area contributed by atoms with E-state index in [0.717, 1.165) is 47.0 Å². The molecular formula is C18H11F6N3O3. The van der Waals surface area contributed by atoms with Crippen LogP contribution in [0.3, 0.4) is 0 Å². The average molecular weight is 431 g/mol. The predicted molar refractivity (Wildman–Crippen MR) is 91.9 cm³/mol. The normalized spacial score (nSPS) is 12.9. The number of halogens is 6. The Hall–Kier alpha value is -3.57. The van der Waals surface area contributed by atoms with E-state index in [2.05, 4.69) is 9.72 Å². The number of aromatic nitrogens is 2. The molecule has 2 heterocycles. The van der Waals surface area contributed by atoms with Crippen molar-refractivity contribution in [3.63, 3.8) is 0 Å². The van der Waals surface area contributed by atoms with Crippen molar-refractivity contribution in [1.29, 1.82) is 0 Å². The van der Waals surface area contributed by atoms with Gasteiger partial charge in [0.1, 0.15) is 11.4 Å². The minimum atomic E-state index is -5.04. The highest BCUT2D eigenvalue weighted by atomic mass is 19.4. The first-order chi connectivity index (χ1) is 14.0. The Morgan fingerprint density at radius 1 is 1.10 bits per heavy atom. The third-order valence-electron chi connectivity index (χ3n) is 3.97. The van der Waals surface area contributed by atoms with Crippen molar-refractivity contribution in [3.05, 3.63) is 64.2 Å². The molecule has 158 valence electrons. The summed E-state index contributed by atoms with van der Waals surface area (Å²) < 4.78 is 83.2. The minimum Gasteiger partial charge on any atom is -0.454 e. The average Bonchev–Trinajstić information content (AvgIpc) is 2.67. The number of hydrogen-bond donors (Lipinski definition) is 1. The highest BCUT2D eigenvalue weighted by Gasteiger charge is 2.38. The number of pyridine rings is 1. The number of ether oxygens (including phenoxy) is 1. The molecule has 0 aliphatic heterocycles. The molecule has 1 atom stereocenters. The predicted octanol–water partition coefficient (Wildman–Crippen LogP) is 3.42. The van der Waals surface area contributed by atoms with Crippen LogP contribution in [0.25, 0.3) is 16.8 Å². The maximum Gasteiger partial charge on any atom is 0.434 e. The molecule has 0 aliphatic carbocycles. The van der Waals surface area contributed by atoms with Crippen molar-refractivity contribution >= 4 is 11.6 Å². The number of primary amides is 1. The lowest BCUT2D eigenvalue weighted by atomic mass is 10.0. The van der Waals surface area contributed by atoms with Gasteiger partial charge in [0, 0.05) is 11.8 Å². The van der Waals surface area contributed by atoms with Crippen LogP contribution in [0.4, 0.5) is 26.3 Å². The van der Waals surface area contributed by atoms with Crippen LogP contribution in [0.1, 0.15) is 16.1 Å². The van der Waals surface area contributed by atoms with Gasteiger partial charge in [-0.05, 0) is 29.8 Å². The molecule has 3 rings (SSSR count). The highest BCUT2D eigenvalue weighted by molar-refractivity contribution is 5.93. The molecule has 0 spiro atoms. The van der Waals surface area contributed by atoms with Crippen molar-refractivity contribution < 1.29 is 35.9 Å².